The van der Waals surface area contributed by atoms with Crippen molar-refractivity contribution in [2.75, 3.05) is 13.7 Å². The predicted octanol–water partition coefficient (Wildman–Crippen LogP) is 1.86. The van der Waals surface area contributed by atoms with Gasteiger partial charge in [-0.1, -0.05) is 25.4 Å². The minimum absolute atomic E-state index is 0.0214. The van der Waals surface area contributed by atoms with E-state index in [1.54, 1.807) is 6.92 Å². The van der Waals surface area contributed by atoms with E-state index in [-0.39, 0.29) is 29.7 Å². The van der Waals surface area contributed by atoms with Crippen molar-refractivity contribution in [3.05, 3.63) is 22.7 Å². The minimum atomic E-state index is -1.07. The molecule has 22 heavy (non-hydrogen) atoms. The number of ether oxygens (including phenoxy) is 1. The molecule has 0 saturated carbocycles. The molecule has 0 radical (unpaired) electrons. The van der Waals surface area contributed by atoms with Gasteiger partial charge in [0, 0.05) is 13.0 Å². The van der Waals surface area contributed by atoms with Crippen LogP contribution in [0.4, 0.5) is 0 Å². The molecule has 1 amide bonds. The van der Waals surface area contributed by atoms with E-state index in [0.29, 0.717) is 5.82 Å². The average Bonchev–Trinajstić information content (AvgIpc) is 2.37. The summed E-state index contributed by atoms with van der Waals surface area (Å²) in [6, 6.07) is 0. The second-order valence-corrected chi connectivity index (χ2v) is 6.00. The van der Waals surface area contributed by atoms with Crippen LogP contribution in [0.15, 0.2) is 6.20 Å². The van der Waals surface area contributed by atoms with Gasteiger partial charge in [-0.25, -0.2) is 9.97 Å². The summed E-state index contributed by atoms with van der Waals surface area (Å²) in [4.78, 5) is 31.5. The van der Waals surface area contributed by atoms with Crippen LogP contribution in [0.1, 0.15) is 49.4 Å². The number of carboxylic acids is 1. The van der Waals surface area contributed by atoms with Gasteiger partial charge in [-0.2, -0.15) is 0 Å². The first kappa shape index (κ1) is 18.3. The summed E-state index contributed by atoms with van der Waals surface area (Å²) in [7, 11) is 1.43. The third-order valence-electron chi connectivity index (χ3n) is 2.91. The van der Waals surface area contributed by atoms with Gasteiger partial charge in [0.2, 0.25) is 0 Å². The number of aromatic nitrogens is 2. The summed E-state index contributed by atoms with van der Waals surface area (Å²) in [5, 5.41) is 11.7. The first-order chi connectivity index (χ1) is 10.2. The Morgan fingerprint density at radius 3 is 2.64 bits per heavy atom. The molecule has 0 fully saturated rings. The molecule has 2 N–H and O–H groups in total. The molecule has 0 bridgehead atoms. The van der Waals surface area contributed by atoms with Gasteiger partial charge in [0.25, 0.3) is 5.91 Å². The predicted molar refractivity (Wildman–Crippen MR) is 81.1 cm³/mol. The normalized spacial score (nSPS) is 13.7. The molecular weight excluding hydrogens is 310 g/mol. The van der Waals surface area contributed by atoms with E-state index >= 15 is 0 Å². The maximum atomic E-state index is 12.4. The number of nitrogens with zero attached hydrogens (tertiary/aromatic N) is 2. The topological polar surface area (TPSA) is 101 Å². The van der Waals surface area contributed by atoms with Crippen molar-refractivity contribution < 1.29 is 19.4 Å². The molecular formula is C14H20ClN3O4. The van der Waals surface area contributed by atoms with Gasteiger partial charge in [-0.3, -0.25) is 9.59 Å². The Morgan fingerprint density at radius 1 is 1.50 bits per heavy atom. The Morgan fingerprint density at radius 2 is 2.14 bits per heavy atom. The number of amides is 1. The highest BCUT2D eigenvalue weighted by Gasteiger charge is 2.31. The van der Waals surface area contributed by atoms with Crippen molar-refractivity contribution >= 4 is 23.5 Å². The number of nitrogens with one attached hydrogen (secondary N) is 1. The number of hydrogen-bond acceptors (Lipinski definition) is 5. The zero-order chi connectivity index (χ0) is 16.9. The summed E-state index contributed by atoms with van der Waals surface area (Å²) in [6.45, 7) is 5.42. The van der Waals surface area contributed by atoms with Crippen LogP contribution < -0.4 is 5.32 Å². The zero-order valence-corrected chi connectivity index (χ0v) is 13.8. The lowest BCUT2D eigenvalue weighted by Gasteiger charge is -2.28. The zero-order valence-electron chi connectivity index (χ0n) is 13.0. The van der Waals surface area contributed by atoms with Gasteiger partial charge in [0.05, 0.1) is 29.8 Å². The first-order valence-electron chi connectivity index (χ1n) is 6.74. The Balaban J connectivity index is 3.04. The molecule has 0 saturated heterocycles. The standard InChI is InChI=1S/C14H20ClN3O4/c1-8(2)12-16-6-9(15)11(17-12)13(21)18-14(3,7-22-4)5-10(19)20/h6,8H,5,7H2,1-4H3,(H,18,21)(H,19,20). The highest BCUT2D eigenvalue weighted by molar-refractivity contribution is 6.33. The van der Waals surface area contributed by atoms with Gasteiger partial charge in [-0.15, -0.1) is 0 Å². The van der Waals surface area contributed by atoms with Crippen molar-refractivity contribution in [2.45, 2.75) is 38.6 Å². The lowest BCUT2D eigenvalue weighted by atomic mass is 9.98. The number of rotatable bonds is 7. The average molecular weight is 330 g/mol. The quantitative estimate of drug-likeness (QED) is 0.791. The lowest BCUT2D eigenvalue weighted by Crippen LogP contribution is -2.51. The number of halogens is 1. The largest absolute Gasteiger partial charge is 0.481 e. The highest BCUT2D eigenvalue weighted by atomic mass is 35.5. The van der Waals surface area contributed by atoms with E-state index in [1.807, 2.05) is 13.8 Å². The molecule has 1 aromatic rings. The summed E-state index contributed by atoms with van der Waals surface area (Å²) in [5.41, 5.74) is -1.04. The van der Waals surface area contributed by atoms with Crippen LogP contribution in [0.25, 0.3) is 0 Å². The second kappa shape index (κ2) is 7.51. The molecule has 0 aliphatic carbocycles. The van der Waals surface area contributed by atoms with Crippen LogP contribution >= 0.6 is 11.6 Å². The van der Waals surface area contributed by atoms with E-state index in [0.717, 1.165) is 0 Å². The second-order valence-electron chi connectivity index (χ2n) is 5.60. The SMILES string of the molecule is COCC(C)(CC(=O)O)NC(=O)c1nc(C(C)C)ncc1Cl. The number of carboxylic acid groups (broad SMARTS) is 1. The van der Waals surface area contributed by atoms with E-state index in [1.165, 1.54) is 13.3 Å². The first-order valence-corrected chi connectivity index (χ1v) is 7.12. The fourth-order valence-electron chi connectivity index (χ4n) is 1.94. The smallest absolute Gasteiger partial charge is 0.305 e. The van der Waals surface area contributed by atoms with E-state index in [2.05, 4.69) is 15.3 Å². The monoisotopic (exact) mass is 329 g/mol. The minimum Gasteiger partial charge on any atom is -0.481 e. The van der Waals surface area contributed by atoms with Crippen molar-refractivity contribution in [1.29, 1.82) is 0 Å². The Hall–Kier alpha value is -1.73. The Kier molecular flexibility index (Phi) is 6.25. The van der Waals surface area contributed by atoms with Gasteiger partial charge < -0.3 is 15.2 Å². The summed E-state index contributed by atoms with van der Waals surface area (Å²) in [6.07, 6.45) is 1.08. The van der Waals surface area contributed by atoms with E-state index in [4.69, 9.17) is 21.4 Å². The van der Waals surface area contributed by atoms with Crippen molar-refractivity contribution in [1.82, 2.24) is 15.3 Å². The van der Waals surface area contributed by atoms with Gasteiger partial charge in [0.1, 0.15) is 11.5 Å². The highest BCUT2D eigenvalue weighted by Crippen LogP contribution is 2.18. The summed E-state index contributed by atoms with van der Waals surface area (Å²) < 4.78 is 4.99. The van der Waals surface area contributed by atoms with Gasteiger partial charge in [0.15, 0.2) is 0 Å². The van der Waals surface area contributed by atoms with Crippen LogP contribution in [0, 0.1) is 0 Å². The van der Waals surface area contributed by atoms with Crippen LogP contribution in [0.2, 0.25) is 5.02 Å². The number of carbonyl (C=O) groups is 2. The molecule has 0 aromatic carbocycles. The Labute approximate surface area is 134 Å². The van der Waals surface area contributed by atoms with Gasteiger partial charge >= 0.3 is 5.97 Å². The number of aliphatic carboxylic acids is 1. The van der Waals surface area contributed by atoms with Crippen LogP contribution in [-0.2, 0) is 9.53 Å². The summed E-state index contributed by atoms with van der Waals surface area (Å²) >= 11 is 5.97. The van der Waals surface area contributed by atoms with Crippen molar-refractivity contribution in [2.24, 2.45) is 0 Å². The fourth-order valence-corrected chi connectivity index (χ4v) is 2.11. The number of carbonyl (C=O) groups excluding carboxylic acids is 1. The fraction of sp³-hybridized carbons (Fsp3) is 0.571. The van der Waals surface area contributed by atoms with E-state index in [9.17, 15) is 9.59 Å². The van der Waals surface area contributed by atoms with Gasteiger partial charge in [-0.05, 0) is 6.92 Å². The number of methoxy groups -OCH3 is 1. The van der Waals surface area contributed by atoms with E-state index < -0.39 is 17.4 Å². The Bertz CT molecular complexity index is 565. The third-order valence-corrected chi connectivity index (χ3v) is 3.19. The molecule has 1 heterocycles. The van der Waals surface area contributed by atoms with Crippen molar-refractivity contribution in [3.8, 4) is 0 Å². The molecule has 7 nitrogen and oxygen atoms in total. The molecule has 0 aliphatic heterocycles. The molecule has 1 atom stereocenters. The molecule has 122 valence electrons. The van der Waals surface area contributed by atoms with Crippen LogP contribution in [0.5, 0.6) is 0 Å². The third kappa shape index (κ3) is 4.92. The molecule has 1 rings (SSSR count). The summed E-state index contributed by atoms with van der Waals surface area (Å²) in [5.74, 6) is -1.08. The molecule has 1 aromatic heterocycles. The van der Waals surface area contributed by atoms with Crippen molar-refractivity contribution in [3.63, 3.8) is 0 Å². The van der Waals surface area contributed by atoms with Crippen LogP contribution in [0.3, 0.4) is 0 Å². The number of hydrogen-bond donors (Lipinski definition) is 2. The maximum absolute atomic E-state index is 12.4. The maximum Gasteiger partial charge on any atom is 0.305 e. The molecule has 0 spiro atoms. The van der Waals surface area contributed by atoms with Crippen LogP contribution in [-0.4, -0.2) is 46.2 Å². The molecule has 8 heteroatoms. The molecule has 1 unspecified atom stereocenters. The lowest BCUT2D eigenvalue weighted by molar-refractivity contribution is -0.139. The molecule has 0 aliphatic rings.